The van der Waals surface area contributed by atoms with Crippen LogP contribution in [-0.2, 0) is 26.3 Å². The molecule has 1 atom stereocenters. The number of sulfone groups is 1. The van der Waals surface area contributed by atoms with E-state index >= 15 is 0 Å². The Morgan fingerprint density at radius 1 is 1.00 bits per heavy atom. The molecule has 0 unspecified atom stereocenters. The number of anilines is 1. The highest BCUT2D eigenvalue weighted by Crippen LogP contribution is 2.25. The van der Waals surface area contributed by atoms with Crippen LogP contribution in [0, 0.1) is 5.82 Å². The summed E-state index contributed by atoms with van der Waals surface area (Å²) in [6.45, 7) is 0.746. The second kappa shape index (κ2) is 10.4. The predicted molar refractivity (Wildman–Crippen MR) is 137 cm³/mol. The number of sulfonamides is 1. The average molecular weight is 532 g/mol. The minimum atomic E-state index is -3.98. The normalized spacial score (nSPS) is 13.1. The van der Waals surface area contributed by atoms with E-state index < -0.39 is 31.8 Å². The number of H-pyrrole nitrogens is 1. The second-order valence-corrected chi connectivity index (χ2v) is 12.1. The molecule has 4 N–H and O–H groups in total. The zero-order chi connectivity index (χ0) is 25.9. The zero-order valence-corrected chi connectivity index (χ0v) is 21.0. The quantitative estimate of drug-likeness (QED) is 0.232. The van der Waals surface area contributed by atoms with Gasteiger partial charge >= 0.3 is 0 Å². The summed E-state index contributed by atoms with van der Waals surface area (Å²) in [6, 6.07) is 16.2. The molecule has 0 saturated heterocycles. The van der Waals surface area contributed by atoms with Gasteiger partial charge in [-0.05, 0) is 60.5 Å². The highest BCUT2D eigenvalue weighted by molar-refractivity contribution is 7.92. The van der Waals surface area contributed by atoms with Gasteiger partial charge in [-0.2, -0.15) is 0 Å². The maximum atomic E-state index is 13.4. The smallest absolute Gasteiger partial charge is 0.261 e. The van der Waals surface area contributed by atoms with Crippen LogP contribution in [-0.4, -0.2) is 46.3 Å². The Morgan fingerprint density at radius 2 is 1.75 bits per heavy atom. The number of aliphatic hydroxyl groups is 1. The topological polar surface area (TPSA) is 128 Å². The Balaban J connectivity index is 1.36. The van der Waals surface area contributed by atoms with E-state index in [-0.39, 0.29) is 22.0 Å². The van der Waals surface area contributed by atoms with Crippen LogP contribution in [0.3, 0.4) is 0 Å². The molecule has 0 aliphatic heterocycles. The number of aromatic amines is 1. The molecule has 0 radical (unpaired) electrons. The van der Waals surface area contributed by atoms with Gasteiger partial charge in [0.1, 0.15) is 5.82 Å². The van der Waals surface area contributed by atoms with E-state index in [1.807, 2.05) is 6.07 Å². The Hall–Kier alpha value is -3.25. The van der Waals surface area contributed by atoms with Crippen molar-refractivity contribution in [2.24, 2.45) is 0 Å². The van der Waals surface area contributed by atoms with E-state index in [4.69, 9.17) is 0 Å². The van der Waals surface area contributed by atoms with Gasteiger partial charge in [0.2, 0.25) is 0 Å². The van der Waals surface area contributed by atoms with Crippen LogP contribution < -0.4 is 10.0 Å². The third-order valence-corrected chi connectivity index (χ3v) is 8.22. The molecule has 190 valence electrons. The molecule has 0 bridgehead atoms. The Kier molecular flexibility index (Phi) is 7.46. The summed E-state index contributed by atoms with van der Waals surface area (Å²) in [7, 11) is -7.34. The maximum absolute atomic E-state index is 13.4. The van der Waals surface area contributed by atoms with Crippen LogP contribution in [0.2, 0.25) is 0 Å². The Morgan fingerprint density at radius 3 is 2.50 bits per heavy atom. The molecule has 8 nitrogen and oxygen atoms in total. The first-order valence-corrected chi connectivity index (χ1v) is 14.5. The SMILES string of the molecule is CS(=O)(=O)c1cccc2c(CCNC[C@H](O)c3cccc(NS(=O)(=O)c4cccc(F)c4)c3)c[nH]c12. The van der Waals surface area contributed by atoms with Crippen LogP contribution in [0.15, 0.2) is 82.7 Å². The number of para-hydroxylation sites is 1. The monoisotopic (exact) mass is 531 g/mol. The fourth-order valence-corrected chi connectivity index (χ4v) is 5.88. The first-order valence-electron chi connectivity index (χ1n) is 11.1. The van der Waals surface area contributed by atoms with Gasteiger partial charge < -0.3 is 15.4 Å². The number of hydrogen-bond donors (Lipinski definition) is 4. The molecule has 0 fully saturated rings. The number of hydrogen-bond acceptors (Lipinski definition) is 6. The molecule has 4 rings (SSSR count). The van der Waals surface area contributed by atoms with Gasteiger partial charge in [-0.1, -0.05) is 30.3 Å². The van der Waals surface area contributed by atoms with Crippen LogP contribution >= 0.6 is 0 Å². The molecule has 0 amide bonds. The summed E-state index contributed by atoms with van der Waals surface area (Å²) in [5.41, 5.74) is 2.28. The number of aromatic nitrogens is 1. The summed E-state index contributed by atoms with van der Waals surface area (Å²) < 4.78 is 64.9. The largest absolute Gasteiger partial charge is 0.387 e. The molecule has 11 heteroatoms. The molecule has 3 aromatic carbocycles. The molecule has 0 saturated carbocycles. The number of benzene rings is 3. The first kappa shape index (κ1) is 25.8. The predicted octanol–water partition coefficient (Wildman–Crippen LogP) is 3.38. The Labute approximate surface area is 209 Å². The van der Waals surface area contributed by atoms with Crippen molar-refractivity contribution in [3.05, 3.63) is 89.9 Å². The Bertz CT molecular complexity index is 1600. The summed E-state index contributed by atoms with van der Waals surface area (Å²) in [4.78, 5) is 3.10. The molecular formula is C25H26FN3O5S2. The van der Waals surface area contributed by atoms with Gasteiger partial charge in [-0.3, -0.25) is 4.72 Å². The van der Waals surface area contributed by atoms with Crippen LogP contribution in [0.1, 0.15) is 17.2 Å². The minimum Gasteiger partial charge on any atom is -0.387 e. The molecule has 0 spiro atoms. The van der Waals surface area contributed by atoms with Gasteiger partial charge in [0, 0.05) is 30.1 Å². The summed E-state index contributed by atoms with van der Waals surface area (Å²) in [6.07, 6.45) is 2.66. The van der Waals surface area contributed by atoms with E-state index in [0.717, 1.165) is 23.1 Å². The van der Waals surface area contributed by atoms with Gasteiger partial charge in [0.25, 0.3) is 10.0 Å². The summed E-state index contributed by atoms with van der Waals surface area (Å²) in [5.74, 6) is -0.656. The van der Waals surface area contributed by atoms with E-state index in [1.165, 1.54) is 24.5 Å². The van der Waals surface area contributed by atoms with Crippen LogP contribution in [0.5, 0.6) is 0 Å². The lowest BCUT2D eigenvalue weighted by atomic mass is 10.1. The number of fused-ring (bicyclic) bond motifs is 1. The van der Waals surface area contributed by atoms with Crippen molar-refractivity contribution in [1.29, 1.82) is 0 Å². The molecule has 0 aliphatic carbocycles. The molecular weight excluding hydrogens is 505 g/mol. The van der Waals surface area contributed by atoms with Crippen molar-refractivity contribution < 1.29 is 26.3 Å². The van der Waals surface area contributed by atoms with E-state index in [1.54, 1.807) is 36.5 Å². The summed E-state index contributed by atoms with van der Waals surface area (Å²) >= 11 is 0. The first-order chi connectivity index (χ1) is 17.0. The third kappa shape index (κ3) is 5.93. The molecule has 1 heterocycles. The maximum Gasteiger partial charge on any atom is 0.261 e. The van der Waals surface area contributed by atoms with E-state index in [2.05, 4.69) is 15.0 Å². The fourth-order valence-electron chi connectivity index (χ4n) is 3.94. The number of rotatable bonds is 10. The summed E-state index contributed by atoms with van der Waals surface area (Å²) in [5, 5.41) is 14.6. The minimum absolute atomic E-state index is 0.198. The number of nitrogens with one attached hydrogen (secondary N) is 3. The highest BCUT2D eigenvalue weighted by atomic mass is 32.2. The molecule has 0 aliphatic rings. The average Bonchev–Trinajstić information content (AvgIpc) is 3.24. The highest BCUT2D eigenvalue weighted by Gasteiger charge is 2.17. The van der Waals surface area contributed by atoms with Crippen molar-refractivity contribution in [2.45, 2.75) is 22.3 Å². The fraction of sp³-hybridized carbons (Fsp3) is 0.200. The lowest BCUT2D eigenvalue weighted by Crippen LogP contribution is -2.23. The standard InChI is InChI=1S/C25H26FN3O5S2/c1-35(31,32)24-10-4-9-22-18(15-28-25(22)24)11-12-27-16-23(30)17-5-2-7-20(13-17)29-36(33,34)21-8-3-6-19(26)14-21/h2-10,13-15,23,27-30H,11-12,16H2,1H3/t23-/m0/s1. The van der Waals surface area contributed by atoms with Gasteiger partial charge in [0.05, 0.1) is 21.4 Å². The molecule has 36 heavy (non-hydrogen) atoms. The second-order valence-electron chi connectivity index (χ2n) is 8.42. The van der Waals surface area contributed by atoms with Gasteiger partial charge in [0.15, 0.2) is 9.84 Å². The number of halogens is 1. The van der Waals surface area contributed by atoms with Gasteiger partial charge in [-0.15, -0.1) is 0 Å². The number of aliphatic hydroxyl groups excluding tert-OH is 1. The lowest BCUT2D eigenvalue weighted by molar-refractivity contribution is 0.175. The molecule has 4 aromatic rings. The van der Waals surface area contributed by atoms with Crippen molar-refractivity contribution in [3.8, 4) is 0 Å². The van der Waals surface area contributed by atoms with E-state index in [9.17, 15) is 26.3 Å². The zero-order valence-electron chi connectivity index (χ0n) is 19.4. The van der Waals surface area contributed by atoms with E-state index in [0.29, 0.717) is 24.0 Å². The molecule has 1 aromatic heterocycles. The third-order valence-electron chi connectivity index (χ3n) is 5.70. The van der Waals surface area contributed by atoms with Crippen molar-refractivity contribution in [1.82, 2.24) is 10.3 Å². The van der Waals surface area contributed by atoms with Crippen molar-refractivity contribution >= 4 is 36.5 Å². The van der Waals surface area contributed by atoms with Crippen LogP contribution in [0.25, 0.3) is 10.9 Å². The van der Waals surface area contributed by atoms with Crippen LogP contribution in [0.4, 0.5) is 10.1 Å². The van der Waals surface area contributed by atoms with Crippen molar-refractivity contribution in [3.63, 3.8) is 0 Å². The van der Waals surface area contributed by atoms with Crippen molar-refractivity contribution in [2.75, 3.05) is 24.1 Å². The lowest BCUT2D eigenvalue weighted by Gasteiger charge is -2.14. The van der Waals surface area contributed by atoms with Gasteiger partial charge in [-0.25, -0.2) is 21.2 Å².